The average Bonchev–Trinajstić information content (AvgIpc) is 3.53. The summed E-state index contributed by atoms with van der Waals surface area (Å²) in [4.78, 5) is 36.9. The third-order valence-electron chi connectivity index (χ3n) is 7.38. The van der Waals surface area contributed by atoms with E-state index in [-0.39, 0.29) is 23.3 Å². The second kappa shape index (κ2) is 9.53. The van der Waals surface area contributed by atoms with Crippen LogP contribution in [0.3, 0.4) is 0 Å². The number of nitrogens with zero attached hydrogens (tertiary/aromatic N) is 5. The van der Waals surface area contributed by atoms with Gasteiger partial charge in [0.25, 0.3) is 11.6 Å². The minimum Gasteiger partial charge on any atom is -0.420 e. The number of benzene rings is 3. The Morgan fingerprint density at radius 1 is 1.07 bits per heavy atom. The SMILES string of the molecule is Cc1nn(C(=O)c2[nH]c3ccc(Cl)cc3c2-c2ccccc2)c2c1C(c1ccc([N+](=O)[O-])cc1)c1c(N)ncnc1O2. The summed E-state index contributed by atoms with van der Waals surface area (Å²) in [5.74, 6) is -0.534. The molecule has 3 N–H and O–H groups in total. The number of nitrogens with one attached hydrogen (secondary N) is 1. The summed E-state index contributed by atoms with van der Waals surface area (Å²) in [6, 6.07) is 21.0. The number of aromatic amines is 1. The zero-order valence-corrected chi connectivity index (χ0v) is 22.7. The maximum atomic E-state index is 14.3. The number of anilines is 1. The van der Waals surface area contributed by atoms with Gasteiger partial charge in [-0.05, 0) is 36.2 Å². The van der Waals surface area contributed by atoms with E-state index in [1.54, 1.807) is 25.1 Å². The maximum Gasteiger partial charge on any atom is 0.298 e. The number of hydrogen-bond donors (Lipinski definition) is 2. The zero-order valence-electron chi connectivity index (χ0n) is 21.9. The number of nitrogens with two attached hydrogens (primary N) is 1. The van der Waals surface area contributed by atoms with Crippen LogP contribution in [0.25, 0.3) is 22.0 Å². The van der Waals surface area contributed by atoms with E-state index in [2.05, 4.69) is 20.1 Å². The highest BCUT2D eigenvalue weighted by atomic mass is 35.5. The quantitative estimate of drug-likeness (QED) is 0.184. The van der Waals surface area contributed by atoms with Crippen molar-refractivity contribution in [3.8, 4) is 22.9 Å². The van der Waals surface area contributed by atoms with Crippen LogP contribution in [0.5, 0.6) is 11.8 Å². The number of halogens is 1. The molecule has 1 aliphatic heterocycles. The van der Waals surface area contributed by atoms with Crippen LogP contribution < -0.4 is 10.5 Å². The van der Waals surface area contributed by atoms with Crippen LogP contribution in [-0.2, 0) is 0 Å². The number of nitro benzene ring substituents is 1. The predicted octanol–water partition coefficient (Wildman–Crippen LogP) is 6.25. The number of ether oxygens (including phenoxy) is 1. The predicted molar refractivity (Wildman–Crippen MR) is 156 cm³/mol. The Labute approximate surface area is 242 Å². The molecule has 0 bridgehead atoms. The molecule has 3 aromatic heterocycles. The van der Waals surface area contributed by atoms with E-state index in [0.717, 1.165) is 16.5 Å². The molecular weight excluding hydrogens is 558 g/mol. The largest absolute Gasteiger partial charge is 0.420 e. The number of rotatable bonds is 4. The molecule has 12 heteroatoms. The van der Waals surface area contributed by atoms with Crippen molar-refractivity contribution < 1.29 is 14.5 Å². The van der Waals surface area contributed by atoms with E-state index in [4.69, 9.17) is 22.1 Å². The summed E-state index contributed by atoms with van der Waals surface area (Å²) >= 11 is 6.35. The van der Waals surface area contributed by atoms with Gasteiger partial charge in [-0.3, -0.25) is 14.9 Å². The normalized spacial score (nSPS) is 13.8. The number of carbonyl (C=O) groups is 1. The second-order valence-corrected chi connectivity index (χ2v) is 10.3. The fourth-order valence-electron chi connectivity index (χ4n) is 5.52. The average molecular weight is 578 g/mol. The van der Waals surface area contributed by atoms with Gasteiger partial charge in [0.05, 0.1) is 27.7 Å². The molecule has 206 valence electrons. The van der Waals surface area contributed by atoms with Gasteiger partial charge >= 0.3 is 0 Å². The lowest BCUT2D eigenvalue weighted by Gasteiger charge is -2.26. The molecule has 0 aliphatic carbocycles. The van der Waals surface area contributed by atoms with Gasteiger partial charge in [0.15, 0.2) is 0 Å². The van der Waals surface area contributed by atoms with Crippen molar-refractivity contribution in [2.45, 2.75) is 12.8 Å². The summed E-state index contributed by atoms with van der Waals surface area (Å²) in [6.07, 6.45) is 1.27. The molecule has 0 saturated carbocycles. The number of H-pyrrole nitrogens is 1. The number of nitro groups is 1. The molecule has 0 saturated heterocycles. The summed E-state index contributed by atoms with van der Waals surface area (Å²) in [6.45, 7) is 1.76. The molecule has 42 heavy (non-hydrogen) atoms. The van der Waals surface area contributed by atoms with Crippen molar-refractivity contribution in [3.05, 3.63) is 122 Å². The Bertz CT molecular complexity index is 2050. The van der Waals surface area contributed by atoms with Crippen molar-refractivity contribution in [2.75, 3.05) is 5.73 Å². The van der Waals surface area contributed by atoms with E-state index >= 15 is 0 Å². The summed E-state index contributed by atoms with van der Waals surface area (Å²) < 4.78 is 7.42. The highest BCUT2D eigenvalue weighted by Gasteiger charge is 2.39. The highest BCUT2D eigenvalue weighted by molar-refractivity contribution is 6.31. The first-order valence-electron chi connectivity index (χ1n) is 12.8. The number of aromatic nitrogens is 5. The van der Waals surface area contributed by atoms with Crippen LogP contribution in [0.15, 0.2) is 79.1 Å². The Hall–Kier alpha value is -5.55. The molecule has 0 spiro atoms. The molecule has 0 fully saturated rings. The molecule has 3 aromatic carbocycles. The molecule has 1 atom stereocenters. The molecule has 11 nitrogen and oxygen atoms in total. The van der Waals surface area contributed by atoms with Crippen LogP contribution >= 0.6 is 11.6 Å². The zero-order chi connectivity index (χ0) is 29.1. The van der Waals surface area contributed by atoms with Crippen molar-refractivity contribution >= 4 is 39.9 Å². The lowest BCUT2D eigenvalue weighted by Crippen LogP contribution is -2.20. The maximum absolute atomic E-state index is 14.3. The minimum absolute atomic E-state index is 0.0570. The molecule has 0 radical (unpaired) electrons. The monoisotopic (exact) mass is 577 g/mol. The van der Waals surface area contributed by atoms with Crippen molar-refractivity contribution in [2.24, 2.45) is 0 Å². The summed E-state index contributed by atoms with van der Waals surface area (Å²) in [5, 5.41) is 17.2. The number of hydrogen-bond acceptors (Lipinski definition) is 8. The fourth-order valence-corrected chi connectivity index (χ4v) is 5.70. The van der Waals surface area contributed by atoms with E-state index in [1.165, 1.54) is 23.1 Å². The van der Waals surface area contributed by atoms with Gasteiger partial charge in [-0.1, -0.05) is 54.1 Å². The number of nitrogen functional groups attached to an aromatic ring is 1. The number of carbonyl (C=O) groups excluding carboxylic acids is 1. The highest BCUT2D eigenvalue weighted by Crippen LogP contribution is 2.50. The van der Waals surface area contributed by atoms with E-state index in [9.17, 15) is 14.9 Å². The lowest BCUT2D eigenvalue weighted by atomic mass is 9.84. The van der Waals surface area contributed by atoms with Crippen molar-refractivity contribution in [3.63, 3.8) is 0 Å². The van der Waals surface area contributed by atoms with Crippen LogP contribution in [0.4, 0.5) is 11.5 Å². The molecule has 6 aromatic rings. The van der Waals surface area contributed by atoms with Crippen molar-refractivity contribution in [1.29, 1.82) is 0 Å². The van der Waals surface area contributed by atoms with Crippen LogP contribution in [0, 0.1) is 17.0 Å². The van der Waals surface area contributed by atoms with E-state index < -0.39 is 16.7 Å². The first-order valence-corrected chi connectivity index (χ1v) is 13.2. The van der Waals surface area contributed by atoms with Crippen LogP contribution in [0.1, 0.15) is 38.8 Å². The van der Waals surface area contributed by atoms with Gasteiger partial charge in [0, 0.05) is 33.6 Å². The molecule has 0 amide bonds. The molecule has 1 unspecified atom stereocenters. The van der Waals surface area contributed by atoms with Gasteiger partial charge in [-0.25, -0.2) is 9.97 Å². The minimum atomic E-state index is -0.595. The van der Waals surface area contributed by atoms with Crippen molar-refractivity contribution in [1.82, 2.24) is 24.7 Å². The molecule has 7 rings (SSSR count). The number of fused-ring (bicyclic) bond motifs is 3. The fraction of sp³-hybridized carbons (Fsp3) is 0.0667. The second-order valence-electron chi connectivity index (χ2n) is 9.81. The Kier molecular flexibility index (Phi) is 5.77. The molecule has 1 aliphatic rings. The summed E-state index contributed by atoms with van der Waals surface area (Å²) in [5.41, 5.74) is 11.0. The third-order valence-corrected chi connectivity index (χ3v) is 7.61. The van der Waals surface area contributed by atoms with Crippen LogP contribution in [-0.4, -0.2) is 35.6 Å². The first-order chi connectivity index (χ1) is 20.3. The topological polar surface area (TPSA) is 155 Å². The summed E-state index contributed by atoms with van der Waals surface area (Å²) in [7, 11) is 0. The van der Waals surface area contributed by atoms with Gasteiger partial charge < -0.3 is 15.5 Å². The Balaban J connectivity index is 1.43. The lowest BCUT2D eigenvalue weighted by molar-refractivity contribution is -0.384. The van der Waals surface area contributed by atoms with Gasteiger partial charge in [0.2, 0.25) is 11.8 Å². The third kappa shape index (κ3) is 3.90. The first kappa shape index (κ1) is 25.4. The van der Waals surface area contributed by atoms with Gasteiger partial charge in [-0.2, -0.15) is 9.78 Å². The van der Waals surface area contributed by atoms with Gasteiger partial charge in [-0.15, -0.1) is 0 Å². The molecular formula is C30H20ClN7O4. The van der Waals surface area contributed by atoms with E-state index in [1.807, 2.05) is 42.5 Å². The Morgan fingerprint density at radius 3 is 2.57 bits per heavy atom. The smallest absolute Gasteiger partial charge is 0.298 e. The van der Waals surface area contributed by atoms with E-state index in [0.29, 0.717) is 38.7 Å². The standard InChI is InChI=1S/C30H20ClN7O4/c1-15-22-24(17-7-10-19(11-8-17)38(40)41)25-27(32)33-14-34-28(25)42-30(22)37(36-15)29(39)26-23(16-5-3-2-4-6-16)20-13-18(31)9-12-21(20)35-26/h2-14,24,35H,1H3,(H2,32,33,34). The molecule has 4 heterocycles. The van der Waals surface area contributed by atoms with Crippen LogP contribution in [0.2, 0.25) is 5.02 Å². The van der Waals surface area contributed by atoms with Gasteiger partial charge in [0.1, 0.15) is 17.8 Å². The Morgan fingerprint density at radius 2 is 1.83 bits per heavy atom. The number of aryl methyl sites for hydroxylation is 1. The number of non-ortho nitro benzene ring substituents is 1.